The summed E-state index contributed by atoms with van der Waals surface area (Å²) in [7, 11) is 0. The lowest BCUT2D eigenvalue weighted by Crippen LogP contribution is -2.38. The van der Waals surface area contributed by atoms with E-state index in [4.69, 9.17) is 4.52 Å². The first-order valence-electron chi connectivity index (χ1n) is 7.00. The Kier molecular flexibility index (Phi) is 3.92. The van der Waals surface area contributed by atoms with Gasteiger partial charge in [-0.2, -0.15) is 5.10 Å². The zero-order valence-electron chi connectivity index (χ0n) is 11.6. The van der Waals surface area contributed by atoms with Gasteiger partial charge < -0.3 is 14.7 Å². The minimum absolute atomic E-state index is 0.468. The van der Waals surface area contributed by atoms with Gasteiger partial charge in [-0.15, -0.1) is 5.10 Å². The third-order valence-electron chi connectivity index (χ3n) is 3.59. The van der Waals surface area contributed by atoms with Crippen LogP contribution in [-0.2, 0) is 6.54 Å². The fraction of sp³-hybridized carbons (Fsp3) is 0.500. The summed E-state index contributed by atoms with van der Waals surface area (Å²) in [4.78, 5) is 2.33. The highest BCUT2D eigenvalue weighted by Crippen LogP contribution is 2.22. The Hall–Kier alpha value is -1.95. The molecule has 0 amide bonds. The standard InChI is InChI=1S/C14H19N5O/c1-11-8-13(20-18-11)10-15-9-12-4-3-7-19(12)14-5-2-6-16-17-14/h2,5-6,8,12,15H,3-4,7,9-10H2,1H3/t12-/m0/s1. The fourth-order valence-electron chi connectivity index (χ4n) is 2.66. The average molecular weight is 273 g/mol. The van der Waals surface area contributed by atoms with Crippen molar-refractivity contribution in [3.63, 3.8) is 0 Å². The van der Waals surface area contributed by atoms with E-state index in [9.17, 15) is 0 Å². The highest BCUT2D eigenvalue weighted by molar-refractivity contribution is 5.39. The van der Waals surface area contributed by atoms with Gasteiger partial charge in [0, 0.05) is 31.4 Å². The highest BCUT2D eigenvalue weighted by Gasteiger charge is 2.25. The van der Waals surface area contributed by atoms with Gasteiger partial charge in [0.1, 0.15) is 0 Å². The largest absolute Gasteiger partial charge is 0.360 e. The summed E-state index contributed by atoms with van der Waals surface area (Å²) in [5, 5.41) is 15.5. The second kappa shape index (κ2) is 6.00. The molecule has 1 saturated heterocycles. The van der Waals surface area contributed by atoms with Gasteiger partial charge in [-0.05, 0) is 31.9 Å². The predicted molar refractivity (Wildman–Crippen MR) is 75.3 cm³/mol. The molecule has 1 aliphatic rings. The van der Waals surface area contributed by atoms with Crippen molar-refractivity contribution in [3.8, 4) is 0 Å². The molecule has 1 N–H and O–H groups in total. The molecule has 2 aromatic rings. The summed E-state index contributed by atoms with van der Waals surface area (Å²) >= 11 is 0. The van der Waals surface area contributed by atoms with Crippen molar-refractivity contribution in [1.82, 2.24) is 20.7 Å². The summed E-state index contributed by atoms with van der Waals surface area (Å²) in [5.41, 5.74) is 0.920. The number of hydrogen-bond acceptors (Lipinski definition) is 6. The van der Waals surface area contributed by atoms with Crippen molar-refractivity contribution in [2.75, 3.05) is 18.0 Å². The van der Waals surface area contributed by atoms with E-state index < -0.39 is 0 Å². The number of nitrogens with one attached hydrogen (secondary N) is 1. The van der Waals surface area contributed by atoms with E-state index in [0.717, 1.165) is 30.4 Å². The van der Waals surface area contributed by atoms with Gasteiger partial charge in [0.05, 0.1) is 12.2 Å². The Balaban J connectivity index is 1.54. The second-order valence-corrected chi connectivity index (χ2v) is 5.14. The van der Waals surface area contributed by atoms with Crippen LogP contribution in [0.25, 0.3) is 0 Å². The normalized spacial score (nSPS) is 18.6. The monoisotopic (exact) mass is 273 g/mol. The lowest BCUT2D eigenvalue weighted by atomic mass is 10.2. The zero-order valence-corrected chi connectivity index (χ0v) is 11.6. The molecule has 3 heterocycles. The van der Waals surface area contributed by atoms with Crippen LogP contribution in [0.15, 0.2) is 28.9 Å². The number of aryl methyl sites for hydroxylation is 1. The maximum atomic E-state index is 5.19. The lowest BCUT2D eigenvalue weighted by Gasteiger charge is -2.25. The van der Waals surface area contributed by atoms with E-state index in [1.165, 1.54) is 12.8 Å². The third-order valence-corrected chi connectivity index (χ3v) is 3.59. The Morgan fingerprint density at radius 1 is 1.50 bits per heavy atom. The van der Waals surface area contributed by atoms with E-state index in [1.54, 1.807) is 6.20 Å². The maximum absolute atomic E-state index is 5.19. The van der Waals surface area contributed by atoms with Crippen molar-refractivity contribution in [2.45, 2.75) is 32.4 Å². The third kappa shape index (κ3) is 2.96. The summed E-state index contributed by atoms with van der Waals surface area (Å²) in [6.07, 6.45) is 4.09. The molecular weight excluding hydrogens is 254 g/mol. The van der Waals surface area contributed by atoms with Gasteiger partial charge in [0.25, 0.3) is 0 Å². The van der Waals surface area contributed by atoms with Crippen LogP contribution in [0, 0.1) is 6.92 Å². The molecule has 3 rings (SSSR count). The first-order chi connectivity index (χ1) is 9.83. The molecule has 6 heteroatoms. The molecule has 1 atom stereocenters. The molecule has 0 unspecified atom stereocenters. The molecule has 0 saturated carbocycles. The molecule has 6 nitrogen and oxygen atoms in total. The van der Waals surface area contributed by atoms with Crippen LogP contribution in [0.4, 0.5) is 5.82 Å². The molecular formula is C14H19N5O. The van der Waals surface area contributed by atoms with Gasteiger partial charge in [-0.3, -0.25) is 0 Å². The molecule has 0 bridgehead atoms. The van der Waals surface area contributed by atoms with E-state index >= 15 is 0 Å². The van der Waals surface area contributed by atoms with Crippen LogP contribution >= 0.6 is 0 Å². The van der Waals surface area contributed by atoms with Crippen molar-refractivity contribution < 1.29 is 4.52 Å². The Bertz CT molecular complexity index is 542. The molecule has 2 aromatic heterocycles. The average Bonchev–Trinajstić information content (AvgIpc) is 3.09. The molecule has 0 spiro atoms. The van der Waals surface area contributed by atoms with Gasteiger partial charge in [0.15, 0.2) is 11.6 Å². The van der Waals surface area contributed by atoms with Crippen LogP contribution in [0.5, 0.6) is 0 Å². The van der Waals surface area contributed by atoms with Crippen molar-refractivity contribution in [2.24, 2.45) is 0 Å². The van der Waals surface area contributed by atoms with Crippen LogP contribution < -0.4 is 10.2 Å². The van der Waals surface area contributed by atoms with Crippen LogP contribution in [0.3, 0.4) is 0 Å². The van der Waals surface area contributed by atoms with Crippen LogP contribution in [0.1, 0.15) is 24.3 Å². The minimum atomic E-state index is 0.468. The Labute approximate surface area is 118 Å². The van der Waals surface area contributed by atoms with Gasteiger partial charge in [0.2, 0.25) is 0 Å². The predicted octanol–water partition coefficient (Wildman–Crippen LogP) is 1.53. The highest BCUT2D eigenvalue weighted by atomic mass is 16.5. The van der Waals surface area contributed by atoms with Crippen LogP contribution in [-0.4, -0.2) is 34.5 Å². The Morgan fingerprint density at radius 2 is 2.45 bits per heavy atom. The molecule has 0 radical (unpaired) electrons. The summed E-state index contributed by atoms with van der Waals surface area (Å²) in [5.74, 6) is 1.85. The zero-order chi connectivity index (χ0) is 13.8. The molecule has 0 aliphatic carbocycles. The first-order valence-corrected chi connectivity index (χ1v) is 7.00. The number of anilines is 1. The maximum Gasteiger partial charge on any atom is 0.151 e. The minimum Gasteiger partial charge on any atom is -0.360 e. The lowest BCUT2D eigenvalue weighted by molar-refractivity contribution is 0.367. The summed E-state index contributed by atoms with van der Waals surface area (Å²) in [6.45, 7) is 4.61. The molecule has 1 fully saturated rings. The van der Waals surface area contributed by atoms with Crippen molar-refractivity contribution in [1.29, 1.82) is 0 Å². The van der Waals surface area contributed by atoms with Gasteiger partial charge >= 0.3 is 0 Å². The molecule has 106 valence electrons. The number of rotatable bonds is 5. The number of nitrogens with zero attached hydrogens (tertiary/aromatic N) is 4. The first kappa shape index (κ1) is 13.1. The smallest absolute Gasteiger partial charge is 0.151 e. The van der Waals surface area contributed by atoms with Gasteiger partial charge in [-0.25, -0.2) is 0 Å². The van der Waals surface area contributed by atoms with Crippen molar-refractivity contribution >= 4 is 5.82 Å². The van der Waals surface area contributed by atoms with E-state index in [2.05, 4.69) is 25.6 Å². The molecule has 1 aliphatic heterocycles. The SMILES string of the molecule is Cc1cc(CNC[C@@H]2CCCN2c2cccnn2)on1. The van der Waals surface area contributed by atoms with E-state index in [-0.39, 0.29) is 0 Å². The van der Waals surface area contributed by atoms with Crippen molar-refractivity contribution in [3.05, 3.63) is 35.9 Å². The topological polar surface area (TPSA) is 67.1 Å². The molecule has 0 aromatic carbocycles. The van der Waals surface area contributed by atoms with Crippen LogP contribution in [0.2, 0.25) is 0 Å². The summed E-state index contributed by atoms with van der Waals surface area (Å²) < 4.78 is 5.19. The quantitative estimate of drug-likeness (QED) is 0.891. The number of aromatic nitrogens is 3. The fourth-order valence-corrected chi connectivity index (χ4v) is 2.66. The molecule has 20 heavy (non-hydrogen) atoms. The van der Waals surface area contributed by atoms with Gasteiger partial charge in [-0.1, -0.05) is 5.16 Å². The van der Waals surface area contributed by atoms with E-state index in [0.29, 0.717) is 12.6 Å². The Morgan fingerprint density at radius 3 is 3.20 bits per heavy atom. The number of hydrogen-bond donors (Lipinski definition) is 1. The van der Waals surface area contributed by atoms with E-state index in [1.807, 2.05) is 25.1 Å². The second-order valence-electron chi connectivity index (χ2n) is 5.14. The summed E-state index contributed by atoms with van der Waals surface area (Å²) in [6, 6.07) is 6.38.